The number of halogens is 1. The number of aromatic nitrogens is 1. The number of methoxy groups -OCH3 is 2. The Morgan fingerprint density at radius 3 is 2.53 bits per heavy atom. The third-order valence-electron chi connectivity index (χ3n) is 4.77. The van der Waals surface area contributed by atoms with Crippen LogP contribution < -0.4 is 14.8 Å². The molecule has 2 aromatic heterocycles. The summed E-state index contributed by atoms with van der Waals surface area (Å²) in [6.45, 7) is 0.305. The lowest BCUT2D eigenvalue weighted by Gasteiger charge is -2.08. The number of furan rings is 1. The minimum Gasteiger partial charge on any atom is -0.493 e. The van der Waals surface area contributed by atoms with E-state index in [0.29, 0.717) is 34.5 Å². The molecule has 0 aliphatic carbocycles. The summed E-state index contributed by atoms with van der Waals surface area (Å²) in [6.07, 6.45) is 0.189. The number of hydrogen-bond acceptors (Lipinski definition) is 6. The molecular weight excluding hydrogens is 448 g/mol. The van der Waals surface area contributed by atoms with Gasteiger partial charge in [0.2, 0.25) is 5.91 Å². The van der Waals surface area contributed by atoms with Gasteiger partial charge in [-0.05, 0) is 54.6 Å². The summed E-state index contributed by atoms with van der Waals surface area (Å²) in [5.41, 5.74) is 2.54. The van der Waals surface area contributed by atoms with Crippen molar-refractivity contribution >= 4 is 28.8 Å². The quantitative estimate of drug-likeness (QED) is 0.364. The van der Waals surface area contributed by atoms with Crippen LogP contribution in [0.4, 0.5) is 0 Å². The maximum absolute atomic E-state index is 12.4. The van der Waals surface area contributed by atoms with Crippen LogP contribution in [-0.2, 0) is 17.8 Å². The van der Waals surface area contributed by atoms with E-state index in [1.54, 1.807) is 14.2 Å². The molecule has 8 heteroatoms. The van der Waals surface area contributed by atoms with Gasteiger partial charge < -0.3 is 19.2 Å². The zero-order valence-electron chi connectivity index (χ0n) is 17.6. The van der Waals surface area contributed by atoms with Crippen LogP contribution in [-0.4, -0.2) is 25.1 Å². The molecule has 164 valence electrons. The van der Waals surface area contributed by atoms with Crippen molar-refractivity contribution in [3.8, 4) is 33.4 Å². The average molecular weight is 469 g/mol. The third kappa shape index (κ3) is 5.12. The third-order valence-corrected chi connectivity index (χ3v) is 5.97. The smallest absolute Gasteiger partial charge is 0.226 e. The van der Waals surface area contributed by atoms with E-state index >= 15 is 0 Å². The lowest BCUT2D eigenvalue weighted by atomic mass is 10.2. The van der Waals surface area contributed by atoms with Crippen molar-refractivity contribution in [3.05, 3.63) is 76.5 Å². The topological polar surface area (TPSA) is 73.6 Å². The van der Waals surface area contributed by atoms with Gasteiger partial charge in [0.1, 0.15) is 16.5 Å². The number of benzene rings is 2. The van der Waals surface area contributed by atoms with Gasteiger partial charge >= 0.3 is 0 Å². The van der Waals surface area contributed by atoms with Crippen molar-refractivity contribution in [2.75, 3.05) is 14.2 Å². The molecule has 0 atom stereocenters. The second kappa shape index (κ2) is 9.89. The van der Waals surface area contributed by atoms with Crippen molar-refractivity contribution in [3.63, 3.8) is 0 Å². The average Bonchev–Trinajstić information content (AvgIpc) is 3.47. The first-order valence-electron chi connectivity index (χ1n) is 9.84. The maximum atomic E-state index is 12.4. The second-order valence-corrected chi connectivity index (χ2v) is 8.23. The van der Waals surface area contributed by atoms with Crippen molar-refractivity contribution in [1.82, 2.24) is 10.3 Å². The van der Waals surface area contributed by atoms with E-state index in [2.05, 4.69) is 10.3 Å². The first-order valence-corrected chi connectivity index (χ1v) is 11.1. The Balaban J connectivity index is 1.34. The Hall–Kier alpha value is -3.29. The fourth-order valence-corrected chi connectivity index (χ4v) is 4.09. The molecule has 0 saturated carbocycles. The van der Waals surface area contributed by atoms with Gasteiger partial charge in [-0.3, -0.25) is 4.79 Å². The highest BCUT2D eigenvalue weighted by Gasteiger charge is 2.12. The number of nitrogens with zero attached hydrogens (tertiary/aromatic N) is 1. The fraction of sp³-hybridized carbons (Fsp3) is 0.167. The summed E-state index contributed by atoms with van der Waals surface area (Å²) in [5, 5.41) is 6.25. The van der Waals surface area contributed by atoms with Crippen molar-refractivity contribution in [2.45, 2.75) is 13.0 Å². The number of hydrogen-bond donors (Lipinski definition) is 1. The molecule has 1 amide bonds. The number of carbonyl (C=O) groups is 1. The van der Waals surface area contributed by atoms with Crippen LogP contribution >= 0.6 is 22.9 Å². The molecule has 1 N–H and O–H groups in total. The largest absolute Gasteiger partial charge is 0.493 e. The molecule has 6 nitrogen and oxygen atoms in total. The fourth-order valence-electron chi connectivity index (χ4n) is 3.14. The second-order valence-electron chi connectivity index (χ2n) is 6.94. The van der Waals surface area contributed by atoms with Gasteiger partial charge in [0.05, 0.1) is 32.9 Å². The molecule has 0 fully saturated rings. The van der Waals surface area contributed by atoms with E-state index in [0.717, 1.165) is 21.9 Å². The Bertz CT molecular complexity index is 1220. The van der Waals surface area contributed by atoms with E-state index in [4.69, 9.17) is 25.5 Å². The highest BCUT2D eigenvalue weighted by atomic mass is 35.5. The molecule has 0 unspecified atom stereocenters. The SMILES string of the molecule is COc1ccc(-c2nc(CC(=O)NCc3ccc(-c4ccc(Cl)cc4)o3)cs2)cc1OC. The number of thiazole rings is 1. The Kier molecular flexibility index (Phi) is 6.78. The number of amides is 1. The van der Waals surface area contributed by atoms with Gasteiger partial charge in [0, 0.05) is 21.5 Å². The molecule has 2 aromatic carbocycles. The Labute approximate surface area is 194 Å². The highest BCUT2D eigenvalue weighted by Crippen LogP contribution is 2.33. The van der Waals surface area contributed by atoms with Crippen molar-refractivity contribution in [2.24, 2.45) is 0 Å². The van der Waals surface area contributed by atoms with E-state index in [1.807, 2.05) is 60.0 Å². The minimum atomic E-state index is -0.126. The summed E-state index contributed by atoms with van der Waals surface area (Å²) in [7, 11) is 3.19. The monoisotopic (exact) mass is 468 g/mol. The molecule has 2 heterocycles. The first-order chi connectivity index (χ1) is 15.6. The highest BCUT2D eigenvalue weighted by molar-refractivity contribution is 7.13. The molecule has 0 bridgehead atoms. The number of ether oxygens (including phenoxy) is 2. The van der Waals surface area contributed by atoms with Crippen LogP contribution in [0.5, 0.6) is 11.5 Å². The summed E-state index contributed by atoms with van der Waals surface area (Å²) in [6, 6.07) is 16.8. The number of nitrogens with one attached hydrogen (secondary N) is 1. The molecule has 4 aromatic rings. The number of carbonyl (C=O) groups excluding carboxylic acids is 1. The van der Waals surface area contributed by atoms with E-state index in [-0.39, 0.29) is 12.3 Å². The van der Waals surface area contributed by atoms with Gasteiger partial charge in [-0.1, -0.05) is 11.6 Å². The zero-order valence-corrected chi connectivity index (χ0v) is 19.1. The molecule has 0 radical (unpaired) electrons. The molecule has 0 aliphatic heterocycles. The van der Waals surface area contributed by atoms with Crippen LogP contribution in [0.3, 0.4) is 0 Å². The minimum absolute atomic E-state index is 0.126. The van der Waals surface area contributed by atoms with Gasteiger partial charge in [-0.15, -0.1) is 11.3 Å². The van der Waals surface area contributed by atoms with Gasteiger partial charge in [0.25, 0.3) is 0 Å². The van der Waals surface area contributed by atoms with Gasteiger partial charge in [0.15, 0.2) is 11.5 Å². The van der Waals surface area contributed by atoms with E-state index in [9.17, 15) is 4.79 Å². The normalized spacial score (nSPS) is 10.7. The molecule has 32 heavy (non-hydrogen) atoms. The van der Waals surface area contributed by atoms with Gasteiger partial charge in [-0.25, -0.2) is 4.98 Å². The van der Waals surface area contributed by atoms with Gasteiger partial charge in [-0.2, -0.15) is 0 Å². The van der Waals surface area contributed by atoms with Crippen LogP contribution in [0.1, 0.15) is 11.5 Å². The van der Waals surface area contributed by atoms with Crippen molar-refractivity contribution < 1.29 is 18.7 Å². The predicted molar refractivity (Wildman–Crippen MR) is 125 cm³/mol. The van der Waals surface area contributed by atoms with Crippen molar-refractivity contribution in [1.29, 1.82) is 0 Å². The first kappa shape index (κ1) is 21.9. The summed E-state index contributed by atoms with van der Waals surface area (Å²) in [4.78, 5) is 17.0. The molecule has 0 aliphatic rings. The lowest BCUT2D eigenvalue weighted by molar-refractivity contribution is -0.120. The summed E-state index contributed by atoms with van der Waals surface area (Å²) < 4.78 is 16.4. The predicted octanol–water partition coefficient (Wildman–Crippen LogP) is 5.60. The summed E-state index contributed by atoms with van der Waals surface area (Å²) >= 11 is 7.40. The maximum Gasteiger partial charge on any atom is 0.226 e. The molecule has 0 spiro atoms. The summed E-state index contributed by atoms with van der Waals surface area (Å²) in [5.74, 6) is 2.57. The molecular formula is C24H21ClN2O4S. The Morgan fingerprint density at radius 2 is 1.78 bits per heavy atom. The Morgan fingerprint density at radius 1 is 1.03 bits per heavy atom. The lowest BCUT2D eigenvalue weighted by Crippen LogP contribution is -2.24. The van der Waals surface area contributed by atoms with E-state index in [1.165, 1.54) is 11.3 Å². The number of rotatable bonds is 8. The van der Waals surface area contributed by atoms with Crippen LogP contribution in [0.2, 0.25) is 5.02 Å². The van der Waals surface area contributed by atoms with Crippen LogP contribution in [0, 0.1) is 0 Å². The van der Waals surface area contributed by atoms with E-state index < -0.39 is 0 Å². The molecule has 0 saturated heterocycles. The molecule has 4 rings (SSSR count). The van der Waals surface area contributed by atoms with Crippen LogP contribution in [0.25, 0.3) is 21.9 Å². The zero-order chi connectivity index (χ0) is 22.5. The van der Waals surface area contributed by atoms with Crippen LogP contribution in [0.15, 0.2) is 64.4 Å². The standard InChI is InChI=1S/C24H21ClN2O4S/c1-29-21-9-5-16(11-22(21)30-2)24-27-18(14-32-24)12-23(28)26-13-19-8-10-20(31-19)15-3-6-17(25)7-4-15/h3-11,14H,12-13H2,1-2H3,(H,26,28).